The van der Waals surface area contributed by atoms with E-state index in [-0.39, 0.29) is 6.54 Å². The van der Waals surface area contributed by atoms with Gasteiger partial charge in [0.25, 0.3) is 6.43 Å². The van der Waals surface area contributed by atoms with Crippen molar-refractivity contribution in [1.29, 1.82) is 0 Å². The topological polar surface area (TPSA) is 24.5 Å². The van der Waals surface area contributed by atoms with Crippen LogP contribution < -0.4 is 10.1 Å². The van der Waals surface area contributed by atoms with Gasteiger partial charge in [-0.3, -0.25) is 4.90 Å². The number of hydrogen-bond acceptors (Lipinski definition) is 3. The van der Waals surface area contributed by atoms with Gasteiger partial charge in [-0.2, -0.15) is 0 Å². The summed E-state index contributed by atoms with van der Waals surface area (Å²) in [4.78, 5) is 1.57. The van der Waals surface area contributed by atoms with Crippen LogP contribution in [0.1, 0.15) is 19.4 Å². The summed E-state index contributed by atoms with van der Waals surface area (Å²) in [5.41, 5.74) is 1.08. The Morgan fingerprint density at radius 2 is 1.95 bits per heavy atom. The van der Waals surface area contributed by atoms with Crippen LogP contribution in [-0.4, -0.2) is 44.1 Å². The van der Waals surface area contributed by atoms with Crippen molar-refractivity contribution >= 4 is 0 Å². The number of alkyl halides is 2. The van der Waals surface area contributed by atoms with Gasteiger partial charge in [0.1, 0.15) is 12.4 Å². The van der Waals surface area contributed by atoms with Crippen molar-refractivity contribution in [3.8, 4) is 5.75 Å². The van der Waals surface area contributed by atoms with E-state index in [9.17, 15) is 8.78 Å². The molecule has 0 bridgehead atoms. The van der Waals surface area contributed by atoms with Gasteiger partial charge < -0.3 is 10.1 Å². The fourth-order valence-electron chi connectivity index (χ4n) is 1.74. The zero-order valence-electron chi connectivity index (χ0n) is 12.4. The van der Waals surface area contributed by atoms with Crippen LogP contribution in [0.5, 0.6) is 5.75 Å². The van der Waals surface area contributed by atoms with E-state index in [1.54, 1.807) is 11.9 Å². The van der Waals surface area contributed by atoms with Crippen molar-refractivity contribution in [2.45, 2.75) is 32.9 Å². The second kappa shape index (κ2) is 8.87. The summed E-state index contributed by atoms with van der Waals surface area (Å²) in [7, 11) is 1.67. The Morgan fingerprint density at radius 3 is 2.60 bits per heavy atom. The molecule has 1 rings (SSSR count). The van der Waals surface area contributed by atoms with E-state index in [0.29, 0.717) is 19.2 Å². The molecule has 0 unspecified atom stereocenters. The van der Waals surface area contributed by atoms with Gasteiger partial charge in [-0.25, -0.2) is 8.78 Å². The van der Waals surface area contributed by atoms with E-state index in [0.717, 1.165) is 17.9 Å². The SMILES string of the molecule is CC(C)NCc1ccccc1OCCN(C)CC(F)F. The highest BCUT2D eigenvalue weighted by molar-refractivity contribution is 5.33. The van der Waals surface area contributed by atoms with Crippen molar-refractivity contribution in [3.05, 3.63) is 29.8 Å². The van der Waals surface area contributed by atoms with E-state index >= 15 is 0 Å². The summed E-state index contributed by atoms with van der Waals surface area (Å²) < 4.78 is 30.1. The number of likely N-dealkylation sites (N-methyl/N-ethyl adjacent to an activating group) is 1. The van der Waals surface area contributed by atoms with E-state index in [1.807, 2.05) is 24.3 Å². The summed E-state index contributed by atoms with van der Waals surface area (Å²) in [5, 5.41) is 3.34. The molecular weight excluding hydrogens is 262 g/mol. The molecule has 0 saturated heterocycles. The normalized spacial score (nSPS) is 11.6. The number of rotatable bonds is 9. The van der Waals surface area contributed by atoms with Crippen molar-refractivity contribution in [1.82, 2.24) is 10.2 Å². The summed E-state index contributed by atoms with van der Waals surface area (Å²) >= 11 is 0. The van der Waals surface area contributed by atoms with E-state index in [1.165, 1.54) is 0 Å². The molecule has 0 radical (unpaired) electrons. The molecule has 1 aromatic rings. The minimum Gasteiger partial charge on any atom is -0.492 e. The molecule has 0 heterocycles. The summed E-state index contributed by atoms with van der Waals surface area (Å²) in [6, 6.07) is 8.20. The van der Waals surface area contributed by atoms with Crippen LogP contribution in [0.15, 0.2) is 24.3 Å². The first-order valence-electron chi connectivity index (χ1n) is 6.89. The third-order valence-corrected chi connectivity index (χ3v) is 2.85. The third-order valence-electron chi connectivity index (χ3n) is 2.85. The molecule has 0 atom stereocenters. The van der Waals surface area contributed by atoms with E-state index in [2.05, 4.69) is 19.2 Å². The first-order valence-corrected chi connectivity index (χ1v) is 6.89. The Balaban J connectivity index is 2.43. The zero-order chi connectivity index (χ0) is 15.0. The van der Waals surface area contributed by atoms with Gasteiger partial charge in [0.2, 0.25) is 0 Å². The van der Waals surface area contributed by atoms with Crippen LogP contribution in [0.3, 0.4) is 0 Å². The highest BCUT2D eigenvalue weighted by Gasteiger charge is 2.08. The van der Waals surface area contributed by atoms with Crippen molar-refractivity contribution in [2.75, 3.05) is 26.7 Å². The van der Waals surface area contributed by atoms with Gasteiger partial charge in [-0.15, -0.1) is 0 Å². The first-order chi connectivity index (χ1) is 9.49. The van der Waals surface area contributed by atoms with Gasteiger partial charge >= 0.3 is 0 Å². The maximum absolute atomic E-state index is 12.2. The molecule has 1 aromatic carbocycles. The minimum absolute atomic E-state index is 0.222. The molecule has 0 spiro atoms. The molecule has 0 aliphatic heterocycles. The number of nitrogens with one attached hydrogen (secondary N) is 1. The Hall–Kier alpha value is -1.20. The Morgan fingerprint density at radius 1 is 1.25 bits per heavy atom. The lowest BCUT2D eigenvalue weighted by molar-refractivity contribution is 0.0934. The van der Waals surface area contributed by atoms with Crippen LogP contribution in [-0.2, 0) is 6.54 Å². The molecular formula is C15H24F2N2O. The highest BCUT2D eigenvalue weighted by atomic mass is 19.3. The second-order valence-corrected chi connectivity index (χ2v) is 5.15. The highest BCUT2D eigenvalue weighted by Crippen LogP contribution is 2.17. The molecule has 5 heteroatoms. The molecule has 0 fully saturated rings. The summed E-state index contributed by atoms with van der Waals surface area (Å²) in [5.74, 6) is 0.811. The van der Waals surface area contributed by atoms with Crippen molar-refractivity contribution in [3.63, 3.8) is 0 Å². The molecule has 3 nitrogen and oxygen atoms in total. The number of hydrogen-bond donors (Lipinski definition) is 1. The summed E-state index contributed by atoms with van der Waals surface area (Å²) in [6.45, 7) is 5.57. The Kier molecular flexibility index (Phi) is 7.47. The Bertz CT molecular complexity index is 386. The van der Waals surface area contributed by atoms with Crippen LogP contribution in [0, 0.1) is 0 Å². The second-order valence-electron chi connectivity index (χ2n) is 5.15. The fraction of sp³-hybridized carbons (Fsp3) is 0.600. The average Bonchev–Trinajstić information content (AvgIpc) is 2.36. The number of ether oxygens (including phenoxy) is 1. The van der Waals surface area contributed by atoms with Crippen LogP contribution >= 0.6 is 0 Å². The first kappa shape index (κ1) is 16.9. The van der Waals surface area contributed by atoms with E-state index in [4.69, 9.17) is 4.74 Å². The molecule has 20 heavy (non-hydrogen) atoms. The monoisotopic (exact) mass is 286 g/mol. The molecule has 0 amide bonds. The van der Waals surface area contributed by atoms with E-state index < -0.39 is 6.43 Å². The largest absolute Gasteiger partial charge is 0.492 e. The lowest BCUT2D eigenvalue weighted by Gasteiger charge is -2.18. The minimum atomic E-state index is -2.30. The van der Waals surface area contributed by atoms with Crippen LogP contribution in [0.4, 0.5) is 8.78 Å². The zero-order valence-corrected chi connectivity index (χ0v) is 12.4. The molecule has 0 saturated carbocycles. The third kappa shape index (κ3) is 6.82. The lowest BCUT2D eigenvalue weighted by atomic mass is 10.2. The molecule has 1 N–H and O–H groups in total. The maximum Gasteiger partial charge on any atom is 0.251 e. The Labute approximate surface area is 119 Å². The van der Waals surface area contributed by atoms with Crippen molar-refractivity contribution in [2.24, 2.45) is 0 Å². The van der Waals surface area contributed by atoms with Gasteiger partial charge in [-0.1, -0.05) is 32.0 Å². The van der Waals surface area contributed by atoms with Crippen LogP contribution in [0.2, 0.25) is 0 Å². The van der Waals surface area contributed by atoms with Gasteiger partial charge in [-0.05, 0) is 13.1 Å². The quantitative estimate of drug-likeness (QED) is 0.755. The average molecular weight is 286 g/mol. The molecule has 114 valence electrons. The maximum atomic E-state index is 12.2. The van der Waals surface area contributed by atoms with Gasteiger partial charge in [0.05, 0.1) is 6.54 Å². The van der Waals surface area contributed by atoms with Gasteiger partial charge in [0, 0.05) is 24.7 Å². The number of para-hydroxylation sites is 1. The number of halogens is 2. The molecule has 0 aromatic heterocycles. The van der Waals surface area contributed by atoms with Crippen LogP contribution in [0.25, 0.3) is 0 Å². The lowest BCUT2D eigenvalue weighted by Crippen LogP contribution is -2.29. The standard InChI is InChI=1S/C15H24F2N2O/c1-12(2)18-10-13-6-4-5-7-14(13)20-9-8-19(3)11-15(16)17/h4-7,12,15,18H,8-11H2,1-3H3. The van der Waals surface area contributed by atoms with Gasteiger partial charge in [0.15, 0.2) is 0 Å². The predicted molar refractivity (Wildman–Crippen MR) is 77.4 cm³/mol. The smallest absolute Gasteiger partial charge is 0.251 e. The summed E-state index contributed by atoms with van der Waals surface area (Å²) in [6.07, 6.45) is -2.30. The molecule has 0 aliphatic carbocycles. The molecule has 0 aliphatic rings. The van der Waals surface area contributed by atoms with Crippen molar-refractivity contribution < 1.29 is 13.5 Å². The number of benzene rings is 1. The number of nitrogens with zero attached hydrogens (tertiary/aromatic N) is 1. The fourth-order valence-corrected chi connectivity index (χ4v) is 1.74. The predicted octanol–water partition coefficient (Wildman–Crippen LogP) is 2.76.